The molecule has 1 aliphatic rings. The van der Waals surface area contributed by atoms with E-state index in [1.54, 1.807) is 30.2 Å². The zero-order chi connectivity index (χ0) is 23.4. The first-order chi connectivity index (χ1) is 15.3. The molecule has 1 fully saturated rings. The number of hydrogen-bond acceptors (Lipinski definition) is 5. The van der Waals surface area contributed by atoms with Gasteiger partial charge in [0.2, 0.25) is 0 Å². The first kappa shape index (κ1) is 24.0. The molecule has 6 nitrogen and oxygen atoms in total. The number of ketones is 1. The van der Waals surface area contributed by atoms with Crippen LogP contribution in [0.4, 0.5) is 0 Å². The maximum atomic E-state index is 13.2. The molecule has 170 valence electrons. The number of Topliss-reactive ketones (excluding diaryl/α,β-unsaturated/α-hetero) is 1. The average Bonchev–Trinajstić information content (AvgIpc) is 3.04. The Kier molecular flexibility index (Phi) is 7.74. The Morgan fingerprint density at radius 3 is 2.47 bits per heavy atom. The van der Waals surface area contributed by atoms with Gasteiger partial charge < -0.3 is 19.6 Å². The summed E-state index contributed by atoms with van der Waals surface area (Å²) in [5, 5.41) is 11.3. The van der Waals surface area contributed by atoms with Crippen LogP contribution in [0.5, 0.6) is 5.75 Å². The minimum atomic E-state index is -0.665. The highest BCUT2D eigenvalue weighted by Crippen LogP contribution is 2.40. The minimum absolute atomic E-state index is 0.112. The van der Waals surface area contributed by atoms with Gasteiger partial charge in [0.15, 0.2) is 0 Å². The molecule has 7 heteroatoms. The van der Waals surface area contributed by atoms with Gasteiger partial charge in [-0.1, -0.05) is 41.9 Å². The van der Waals surface area contributed by atoms with Crippen molar-refractivity contribution in [2.75, 3.05) is 33.3 Å². The average molecular weight is 501 g/mol. The molecule has 0 aliphatic carbocycles. The number of halogens is 1. The van der Waals surface area contributed by atoms with Gasteiger partial charge in [-0.15, -0.1) is 0 Å². The number of carbonyl (C=O) groups is 2. The van der Waals surface area contributed by atoms with E-state index in [0.717, 1.165) is 28.7 Å². The van der Waals surface area contributed by atoms with Crippen molar-refractivity contribution in [1.82, 2.24) is 9.80 Å². The van der Waals surface area contributed by atoms with Gasteiger partial charge in [-0.25, -0.2) is 0 Å². The summed E-state index contributed by atoms with van der Waals surface area (Å²) < 4.78 is 6.09. The van der Waals surface area contributed by atoms with Gasteiger partial charge in [0.1, 0.15) is 11.5 Å². The number of aryl methyl sites for hydroxylation is 1. The number of ether oxygens (including phenoxy) is 1. The van der Waals surface area contributed by atoms with Gasteiger partial charge in [-0.2, -0.15) is 0 Å². The van der Waals surface area contributed by atoms with Gasteiger partial charge in [0.05, 0.1) is 18.7 Å². The van der Waals surface area contributed by atoms with Crippen LogP contribution >= 0.6 is 15.9 Å². The normalized spacial score (nSPS) is 17.9. The summed E-state index contributed by atoms with van der Waals surface area (Å²) >= 11 is 3.48. The van der Waals surface area contributed by atoms with Gasteiger partial charge >= 0.3 is 0 Å². The number of amides is 1. The number of aliphatic hydroxyl groups is 1. The third-order valence-electron chi connectivity index (χ3n) is 5.94. The lowest BCUT2D eigenvalue weighted by Gasteiger charge is -2.28. The van der Waals surface area contributed by atoms with Crippen LogP contribution in [0.25, 0.3) is 5.76 Å². The Morgan fingerprint density at radius 1 is 1.16 bits per heavy atom. The Balaban J connectivity index is 2.13. The molecule has 0 saturated carbocycles. The first-order valence-corrected chi connectivity index (χ1v) is 11.5. The highest BCUT2D eigenvalue weighted by atomic mass is 79.9. The maximum Gasteiger partial charge on any atom is 0.295 e. The number of methoxy groups -OCH3 is 1. The molecule has 0 radical (unpaired) electrons. The number of likely N-dealkylation sites (tertiary alicyclic amines) is 1. The fourth-order valence-electron chi connectivity index (χ4n) is 4.10. The van der Waals surface area contributed by atoms with Crippen molar-refractivity contribution in [3.63, 3.8) is 0 Å². The van der Waals surface area contributed by atoms with Crippen molar-refractivity contribution in [2.45, 2.75) is 26.8 Å². The van der Waals surface area contributed by atoms with Crippen LogP contribution in [0.2, 0.25) is 0 Å². The Hall–Kier alpha value is -2.64. The molecule has 1 atom stereocenters. The number of aliphatic hydroxyl groups excluding tert-OH is 1. The molecule has 32 heavy (non-hydrogen) atoms. The second-order valence-corrected chi connectivity index (χ2v) is 8.67. The molecular formula is C25H29BrN2O4. The van der Waals surface area contributed by atoms with Gasteiger partial charge in [0, 0.05) is 23.1 Å². The number of rotatable bonds is 8. The van der Waals surface area contributed by atoms with E-state index in [-0.39, 0.29) is 11.3 Å². The Labute approximate surface area is 197 Å². The third kappa shape index (κ3) is 4.74. The van der Waals surface area contributed by atoms with E-state index in [1.807, 2.05) is 31.2 Å². The standard InChI is InChI=1S/C25H29BrN2O4/c1-5-27(6-2)12-13-28-22(17-8-7-9-18(26)15-17)21(24(30)25(28)31)23(29)20-11-10-19(32-4)14-16(20)3/h7-11,14-15,22,29H,5-6,12-13H2,1-4H3/b23-21+/t22-/m1/s1. The fraction of sp³-hybridized carbons (Fsp3) is 0.360. The number of carbonyl (C=O) groups excluding carboxylic acids is 2. The SMILES string of the molecule is CCN(CC)CCN1C(=O)C(=O)/C(=C(/O)c2ccc(OC)cc2C)[C@H]1c1cccc(Br)c1. The summed E-state index contributed by atoms with van der Waals surface area (Å²) in [6.07, 6.45) is 0. The summed E-state index contributed by atoms with van der Waals surface area (Å²) in [6.45, 7) is 8.71. The topological polar surface area (TPSA) is 70.1 Å². The molecule has 1 aliphatic heterocycles. The van der Waals surface area contributed by atoms with E-state index in [1.165, 1.54) is 0 Å². The third-order valence-corrected chi connectivity index (χ3v) is 6.44. The lowest BCUT2D eigenvalue weighted by Crippen LogP contribution is -2.38. The molecule has 0 bridgehead atoms. The van der Waals surface area contributed by atoms with Crippen LogP contribution in [0, 0.1) is 6.92 Å². The molecule has 1 saturated heterocycles. The van der Waals surface area contributed by atoms with E-state index >= 15 is 0 Å². The molecule has 2 aromatic carbocycles. The van der Waals surface area contributed by atoms with Gasteiger partial charge in [-0.3, -0.25) is 9.59 Å². The molecule has 1 N–H and O–H groups in total. The van der Waals surface area contributed by atoms with Crippen molar-refractivity contribution in [1.29, 1.82) is 0 Å². The van der Waals surface area contributed by atoms with Crippen molar-refractivity contribution >= 4 is 33.4 Å². The molecule has 1 amide bonds. The second kappa shape index (κ2) is 10.3. The van der Waals surface area contributed by atoms with E-state index in [4.69, 9.17) is 4.74 Å². The Morgan fingerprint density at radius 2 is 1.88 bits per heavy atom. The number of nitrogens with zero attached hydrogens (tertiary/aromatic N) is 2. The summed E-state index contributed by atoms with van der Waals surface area (Å²) in [6, 6.07) is 12.1. The van der Waals surface area contributed by atoms with Crippen LogP contribution in [0.1, 0.15) is 36.6 Å². The highest BCUT2D eigenvalue weighted by Gasteiger charge is 2.46. The summed E-state index contributed by atoms with van der Waals surface area (Å²) in [4.78, 5) is 30.0. The molecule has 0 aromatic heterocycles. The fourth-order valence-corrected chi connectivity index (χ4v) is 4.51. The summed E-state index contributed by atoms with van der Waals surface area (Å²) in [7, 11) is 1.57. The largest absolute Gasteiger partial charge is 0.507 e. The van der Waals surface area contributed by atoms with Crippen LogP contribution in [-0.4, -0.2) is 59.9 Å². The van der Waals surface area contributed by atoms with Gasteiger partial charge in [0.25, 0.3) is 11.7 Å². The lowest BCUT2D eigenvalue weighted by molar-refractivity contribution is -0.140. The molecule has 0 spiro atoms. The smallest absolute Gasteiger partial charge is 0.295 e. The monoisotopic (exact) mass is 500 g/mol. The second-order valence-electron chi connectivity index (χ2n) is 7.76. The van der Waals surface area contributed by atoms with Crippen LogP contribution in [0.15, 0.2) is 52.5 Å². The molecule has 2 aromatic rings. The van der Waals surface area contributed by atoms with Crippen LogP contribution < -0.4 is 4.74 Å². The number of benzene rings is 2. The number of hydrogen-bond donors (Lipinski definition) is 1. The minimum Gasteiger partial charge on any atom is -0.507 e. The predicted molar refractivity (Wildman–Crippen MR) is 129 cm³/mol. The quantitative estimate of drug-likeness (QED) is 0.327. The molecule has 3 rings (SSSR count). The lowest BCUT2D eigenvalue weighted by atomic mass is 9.94. The molecular weight excluding hydrogens is 472 g/mol. The van der Waals surface area contributed by atoms with Crippen molar-refractivity contribution < 1.29 is 19.4 Å². The molecule has 0 unspecified atom stereocenters. The zero-order valence-electron chi connectivity index (χ0n) is 18.9. The van der Waals surface area contributed by atoms with Gasteiger partial charge in [-0.05, 0) is 61.5 Å². The van der Waals surface area contributed by atoms with Crippen LogP contribution in [0.3, 0.4) is 0 Å². The van der Waals surface area contributed by atoms with Crippen molar-refractivity contribution in [2.24, 2.45) is 0 Å². The predicted octanol–water partition coefficient (Wildman–Crippen LogP) is 4.53. The number of likely N-dealkylation sites (N-methyl/N-ethyl adjacent to an activating group) is 1. The first-order valence-electron chi connectivity index (χ1n) is 10.7. The van der Waals surface area contributed by atoms with E-state index in [2.05, 4.69) is 34.7 Å². The zero-order valence-corrected chi connectivity index (χ0v) is 20.5. The maximum absolute atomic E-state index is 13.2. The summed E-state index contributed by atoms with van der Waals surface area (Å²) in [5.41, 5.74) is 2.14. The highest BCUT2D eigenvalue weighted by molar-refractivity contribution is 9.10. The summed E-state index contributed by atoms with van der Waals surface area (Å²) in [5.74, 6) is -0.766. The van der Waals surface area contributed by atoms with E-state index < -0.39 is 17.7 Å². The van der Waals surface area contributed by atoms with E-state index in [0.29, 0.717) is 24.4 Å². The van der Waals surface area contributed by atoms with E-state index in [9.17, 15) is 14.7 Å². The van der Waals surface area contributed by atoms with Crippen molar-refractivity contribution in [3.05, 3.63) is 69.2 Å². The van der Waals surface area contributed by atoms with Crippen molar-refractivity contribution in [3.8, 4) is 5.75 Å². The van der Waals surface area contributed by atoms with Crippen LogP contribution in [-0.2, 0) is 9.59 Å². The Bertz CT molecular complexity index is 1050. The molecule has 1 heterocycles.